The molecule has 0 bridgehead atoms. The topological polar surface area (TPSA) is 0 Å². The van der Waals surface area contributed by atoms with Gasteiger partial charge in [0.2, 0.25) is 0 Å². The molecule has 4 heteroatoms. The van der Waals surface area contributed by atoms with E-state index in [1.54, 1.807) is 0 Å². The Bertz CT molecular complexity index is 171. The average Bonchev–Trinajstić information content (AvgIpc) is 2.68. The van der Waals surface area contributed by atoms with Gasteiger partial charge >= 0.3 is 0 Å². The highest BCUT2D eigenvalue weighted by Crippen LogP contribution is 2.44. The molecule has 0 radical (unpaired) electrons. The summed E-state index contributed by atoms with van der Waals surface area (Å²) in [6.45, 7) is 4.47. The van der Waals surface area contributed by atoms with Crippen molar-refractivity contribution >= 4 is 43.2 Å². The molecular weight excluding hydrogens is 260 g/mol. The molecule has 0 aromatic carbocycles. The molecule has 0 heterocycles. The SMILES string of the molecule is CCSSCC1(CSSCC)CC=CC1. The normalized spacial score (nSPS) is 18.5. The van der Waals surface area contributed by atoms with Gasteiger partial charge in [-0.25, -0.2) is 0 Å². The fourth-order valence-corrected chi connectivity index (χ4v) is 6.33. The van der Waals surface area contributed by atoms with E-state index in [1.165, 1.54) is 35.9 Å². The van der Waals surface area contributed by atoms with Crippen LogP contribution >= 0.6 is 43.2 Å². The number of hydrogen-bond donors (Lipinski definition) is 0. The van der Waals surface area contributed by atoms with Gasteiger partial charge in [0.1, 0.15) is 0 Å². The first kappa shape index (κ1) is 14.2. The predicted octanol–water partition coefficient (Wildman–Crippen LogP) is 5.13. The molecule has 0 amide bonds. The van der Waals surface area contributed by atoms with Gasteiger partial charge in [-0.1, -0.05) is 69.2 Å². The molecule has 1 aliphatic rings. The molecular formula is C11H20S4. The molecule has 0 spiro atoms. The Hall–Kier alpha value is 1.14. The minimum absolute atomic E-state index is 0.569. The Morgan fingerprint density at radius 2 is 1.33 bits per heavy atom. The Balaban J connectivity index is 2.27. The molecule has 0 N–H and O–H groups in total. The first-order valence-corrected chi connectivity index (χ1v) is 10.4. The summed E-state index contributed by atoms with van der Waals surface area (Å²) in [5.41, 5.74) is 0.569. The van der Waals surface area contributed by atoms with Crippen LogP contribution in [0.2, 0.25) is 0 Å². The molecule has 0 fully saturated rings. The van der Waals surface area contributed by atoms with Crippen LogP contribution in [0.15, 0.2) is 12.2 Å². The summed E-state index contributed by atoms with van der Waals surface area (Å²) in [4.78, 5) is 0. The van der Waals surface area contributed by atoms with E-state index in [-0.39, 0.29) is 0 Å². The van der Waals surface area contributed by atoms with Crippen molar-refractivity contribution in [2.24, 2.45) is 5.41 Å². The van der Waals surface area contributed by atoms with Gasteiger partial charge in [0.15, 0.2) is 0 Å². The molecule has 15 heavy (non-hydrogen) atoms. The van der Waals surface area contributed by atoms with Crippen LogP contribution in [0.3, 0.4) is 0 Å². The average molecular weight is 281 g/mol. The van der Waals surface area contributed by atoms with Crippen molar-refractivity contribution in [3.63, 3.8) is 0 Å². The summed E-state index contributed by atoms with van der Waals surface area (Å²) in [7, 11) is 8.13. The van der Waals surface area contributed by atoms with E-state index < -0.39 is 0 Å². The van der Waals surface area contributed by atoms with E-state index in [4.69, 9.17) is 0 Å². The molecule has 1 aliphatic carbocycles. The lowest BCUT2D eigenvalue weighted by atomic mass is 9.90. The third kappa shape index (κ3) is 5.33. The molecule has 0 aliphatic heterocycles. The summed E-state index contributed by atoms with van der Waals surface area (Å²) >= 11 is 0. The van der Waals surface area contributed by atoms with E-state index in [1.807, 2.05) is 21.6 Å². The summed E-state index contributed by atoms with van der Waals surface area (Å²) in [6, 6.07) is 0. The zero-order valence-corrected chi connectivity index (χ0v) is 12.8. The molecule has 0 saturated carbocycles. The van der Waals surface area contributed by atoms with Gasteiger partial charge < -0.3 is 0 Å². The lowest BCUT2D eigenvalue weighted by Gasteiger charge is -2.27. The maximum Gasteiger partial charge on any atom is 0.0108 e. The van der Waals surface area contributed by atoms with Crippen molar-refractivity contribution < 1.29 is 0 Å². The quantitative estimate of drug-likeness (QED) is 0.343. The van der Waals surface area contributed by atoms with Crippen LogP contribution in [-0.2, 0) is 0 Å². The summed E-state index contributed by atoms with van der Waals surface area (Å²) < 4.78 is 0. The highest BCUT2D eigenvalue weighted by Gasteiger charge is 2.30. The lowest BCUT2D eigenvalue weighted by Crippen LogP contribution is -2.22. The molecule has 0 unspecified atom stereocenters. The Kier molecular flexibility index (Phi) is 7.82. The van der Waals surface area contributed by atoms with Crippen LogP contribution in [-0.4, -0.2) is 23.0 Å². The van der Waals surface area contributed by atoms with Crippen molar-refractivity contribution in [2.75, 3.05) is 23.0 Å². The number of allylic oxidation sites excluding steroid dienone is 2. The summed E-state index contributed by atoms with van der Waals surface area (Å²) in [6.07, 6.45) is 7.33. The minimum atomic E-state index is 0.569. The fraction of sp³-hybridized carbons (Fsp3) is 0.818. The number of hydrogen-bond acceptors (Lipinski definition) is 4. The van der Waals surface area contributed by atoms with Gasteiger partial charge in [0.25, 0.3) is 0 Å². The largest absolute Gasteiger partial charge is 0.0944 e. The summed E-state index contributed by atoms with van der Waals surface area (Å²) in [5.74, 6) is 5.08. The lowest BCUT2D eigenvalue weighted by molar-refractivity contribution is 0.422. The van der Waals surface area contributed by atoms with Crippen molar-refractivity contribution in [3.05, 3.63) is 12.2 Å². The van der Waals surface area contributed by atoms with Crippen molar-refractivity contribution in [2.45, 2.75) is 26.7 Å². The molecule has 0 atom stereocenters. The van der Waals surface area contributed by atoms with E-state index in [0.29, 0.717) is 5.41 Å². The molecule has 0 aromatic heterocycles. The van der Waals surface area contributed by atoms with E-state index in [2.05, 4.69) is 47.6 Å². The molecule has 0 saturated heterocycles. The number of rotatable bonds is 8. The van der Waals surface area contributed by atoms with Crippen molar-refractivity contribution in [1.29, 1.82) is 0 Å². The zero-order chi connectivity index (χ0) is 11.0. The van der Waals surface area contributed by atoms with Crippen LogP contribution in [0.25, 0.3) is 0 Å². The van der Waals surface area contributed by atoms with Crippen molar-refractivity contribution in [3.8, 4) is 0 Å². The second-order valence-corrected chi connectivity index (χ2v) is 9.22. The van der Waals surface area contributed by atoms with Crippen LogP contribution < -0.4 is 0 Å². The molecule has 88 valence electrons. The fourth-order valence-electron chi connectivity index (χ4n) is 1.53. The third-order valence-corrected chi connectivity index (χ3v) is 7.79. The van der Waals surface area contributed by atoms with Crippen molar-refractivity contribution in [1.82, 2.24) is 0 Å². The molecule has 1 rings (SSSR count). The van der Waals surface area contributed by atoms with Gasteiger partial charge in [0.05, 0.1) is 0 Å². The summed E-state index contributed by atoms with van der Waals surface area (Å²) in [5, 5.41) is 0. The van der Waals surface area contributed by atoms with Gasteiger partial charge in [0, 0.05) is 23.0 Å². The van der Waals surface area contributed by atoms with Crippen LogP contribution in [0.1, 0.15) is 26.7 Å². The Morgan fingerprint density at radius 1 is 0.867 bits per heavy atom. The Labute approximate surface area is 110 Å². The van der Waals surface area contributed by atoms with E-state index >= 15 is 0 Å². The monoisotopic (exact) mass is 280 g/mol. The predicted molar refractivity (Wildman–Crippen MR) is 82.0 cm³/mol. The van der Waals surface area contributed by atoms with Gasteiger partial charge in [-0.3, -0.25) is 0 Å². The zero-order valence-electron chi connectivity index (χ0n) is 9.53. The van der Waals surface area contributed by atoms with Crippen LogP contribution in [0.4, 0.5) is 0 Å². The smallest absolute Gasteiger partial charge is 0.0108 e. The second-order valence-electron chi connectivity index (χ2n) is 3.72. The molecule has 0 aromatic rings. The first-order valence-electron chi connectivity index (χ1n) is 5.47. The van der Waals surface area contributed by atoms with Crippen LogP contribution in [0.5, 0.6) is 0 Å². The highest BCUT2D eigenvalue weighted by atomic mass is 33.1. The Morgan fingerprint density at radius 3 is 1.73 bits per heavy atom. The maximum absolute atomic E-state index is 2.37. The van der Waals surface area contributed by atoms with E-state index in [9.17, 15) is 0 Å². The maximum atomic E-state index is 2.37. The van der Waals surface area contributed by atoms with Gasteiger partial charge in [-0.05, 0) is 18.3 Å². The van der Waals surface area contributed by atoms with Crippen LogP contribution in [0, 0.1) is 5.41 Å². The van der Waals surface area contributed by atoms with Gasteiger partial charge in [-0.15, -0.1) is 0 Å². The standard InChI is InChI=1S/C11H20S4/c1-3-12-14-9-11(7-5-6-8-11)10-15-13-4-2/h5-6H,3-4,7-10H2,1-2H3. The van der Waals surface area contributed by atoms with Gasteiger partial charge in [-0.2, -0.15) is 0 Å². The minimum Gasteiger partial charge on any atom is -0.0944 e. The second kappa shape index (κ2) is 8.26. The molecule has 0 nitrogen and oxygen atoms in total. The first-order chi connectivity index (χ1) is 7.33. The third-order valence-electron chi connectivity index (χ3n) is 2.40. The van der Waals surface area contributed by atoms with E-state index in [0.717, 1.165) is 0 Å². The highest BCUT2D eigenvalue weighted by molar-refractivity contribution is 8.77.